The number of hydrogen-bond donors (Lipinski definition) is 1. The number of hydrogen-bond acceptors (Lipinski definition) is 5. The summed E-state index contributed by atoms with van der Waals surface area (Å²) in [5, 5.41) is 3.37. The molecular weight excluding hydrogens is 328 g/mol. The zero-order valence-electron chi connectivity index (χ0n) is 15.9. The van der Waals surface area contributed by atoms with Gasteiger partial charge in [-0.15, -0.1) is 0 Å². The summed E-state index contributed by atoms with van der Waals surface area (Å²) in [7, 11) is 0. The Bertz CT molecular complexity index is 659. The van der Waals surface area contributed by atoms with Gasteiger partial charge in [-0.05, 0) is 58.5 Å². The summed E-state index contributed by atoms with van der Waals surface area (Å²) in [6.45, 7) is 8.74. The summed E-state index contributed by atoms with van der Waals surface area (Å²) in [6, 6.07) is 4.56. The number of nitrogens with zero attached hydrogens (tertiary/aromatic N) is 3. The number of aromatic nitrogens is 1. The fourth-order valence-electron chi connectivity index (χ4n) is 4.85. The van der Waals surface area contributed by atoms with E-state index in [1.165, 1.54) is 19.4 Å². The average molecular weight is 358 g/mol. The van der Waals surface area contributed by atoms with Crippen molar-refractivity contribution in [3.8, 4) is 5.75 Å². The minimum absolute atomic E-state index is 0.168. The number of fused-ring (bicyclic) bond motifs is 1. The van der Waals surface area contributed by atoms with Crippen molar-refractivity contribution < 1.29 is 9.53 Å². The van der Waals surface area contributed by atoms with Crippen LogP contribution in [0.15, 0.2) is 18.3 Å². The molecule has 0 bridgehead atoms. The normalized spacial score (nSPS) is 28.6. The van der Waals surface area contributed by atoms with Crippen LogP contribution in [-0.4, -0.2) is 71.1 Å². The molecule has 26 heavy (non-hydrogen) atoms. The third kappa shape index (κ3) is 3.09. The molecule has 1 aromatic heterocycles. The Labute approximate surface area is 155 Å². The number of ether oxygens (including phenoxy) is 1. The SMILES string of the molecule is Cc1ncccc1OC1(C(=O)N2CCN3CCC[C@@H]3[C@H]2C)CCNCC1. The number of carbonyl (C=O) groups excluding carboxylic acids is 1. The Morgan fingerprint density at radius 3 is 2.88 bits per heavy atom. The summed E-state index contributed by atoms with van der Waals surface area (Å²) in [6.07, 6.45) is 5.62. The Morgan fingerprint density at radius 1 is 1.31 bits per heavy atom. The van der Waals surface area contributed by atoms with Crippen LogP contribution in [0.2, 0.25) is 0 Å². The van der Waals surface area contributed by atoms with E-state index in [0.717, 1.165) is 37.6 Å². The van der Waals surface area contributed by atoms with E-state index in [-0.39, 0.29) is 11.9 Å². The Morgan fingerprint density at radius 2 is 2.12 bits per heavy atom. The lowest BCUT2D eigenvalue weighted by Gasteiger charge is -2.47. The third-order valence-corrected chi connectivity index (χ3v) is 6.42. The van der Waals surface area contributed by atoms with Crippen LogP contribution in [-0.2, 0) is 4.79 Å². The van der Waals surface area contributed by atoms with E-state index in [0.29, 0.717) is 18.9 Å². The maximum absolute atomic E-state index is 13.7. The Hall–Kier alpha value is -1.66. The fourth-order valence-corrected chi connectivity index (χ4v) is 4.85. The first-order valence-corrected chi connectivity index (χ1v) is 9.97. The van der Waals surface area contributed by atoms with Crippen molar-refractivity contribution in [1.29, 1.82) is 0 Å². The predicted molar refractivity (Wildman–Crippen MR) is 100 cm³/mol. The molecule has 3 fully saturated rings. The fraction of sp³-hybridized carbons (Fsp3) is 0.700. The highest BCUT2D eigenvalue weighted by Gasteiger charge is 2.48. The molecule has 3 saturated heterocycles. The van der Waals surface area contributed by atoms with Gasteiger partial charge in [0.2, 0.25) is 0 Å². The first kappa shape index (κ1) is 17.7. The standard InChI is InChI=1S/C20H30N4O2/c1-15-18(6-3-9-22-15)26-20(7-10-21-11-8-20)19(25)24-14-13-23-12-4-5-17(23)16(24)2/h3,6,9,16-17,21H,4-5,7-8,10-14H2,1-2H3/t16-,17-/m1/s1. The molecule has 1 N–H and O–H groups in total. The molecular formula is C20H30N4O2. The molecule has 0 spiro atoms. The van der Waals surface area contributed by atoms with Crippen LogP contribution in [0.25, 0.3) is 0 Å². The number of aryl methyl sites for hydroxylation is 1. The van der Waals surface area contributed by atoms with Crippen molar-refractivity contribution >= 4 is 5.91 Å². The van der Waals surface area contributed by atoms with Crippen LogP contribution in [0.1, 0.15) is 38.3 Å². The molecule has 0 aromatic carbocycles. The summed E-state index contributed by atoms with van der Waals surface area (Å²) in [5.74, 6) is 0.899. The number of amides is 1. The molecule has 0 aliphatic carbocycles. The molecule has 4 rings (SSSR count). The van der Waals surface area contributed by atoms with E-state index in [1.54, 1.807) is 6.20 Å². The van der Waals surface area contributed by atoms with Gasteiger partial charge in [-0.25, -0.2) is 0 Å². The number of piperidine rings is 1. The Balaban J connectivity index is 1.59. The maximum Gasteiger partial charge on any atom is 0.267 e. The topological polar surface area (TPSA) is 57.7 Å². The van der Waals surface area contributed by atoms with E-state index in [9.17, 15) is 4.79 Å². The minimum atomic E-state index is -0.770. The van der Waals surface area contributed by atoms with Gasteiger partial charge in [-0.1, -0.05) is 0 Å². The average Bonchev–Trinajstić information content (AvgIpc) is 3.14. The first-order chi connectivity index (χ1) is 12.6. The lowest BCUT2D eigenvalue weighted by Crippen LogP contribution is -2.65. The van der Waals surface area contributed by atoms with Crippen LogP contribution >= 0.6 is 0 Å². The van der Waals surface area contributed by atoms with Crippen molar-refractivity contribution in [2.75, 3.05) is 32.7 Å². The first-order valence-electron chi connectivity index (χ1n) is 9.97. The van der Waals surface area contributed by atoms with Gasteiger partial charge in [0.25, 0.3) is 5.91 Å². The summed E-state index contributed by atoms with van der Waals surface area (Å²) >= 11 is 0. The highest BCUT2D eigenvalue weighted by atomic mass is 16.5. The molecule has 0 radical (unpaired) electrons. The lowest BCUT2D eigenvalue weighted by atomic mass is 9.88. The van der Waals surface area contributed by atoms with Gasteiger partial charge in [-0.2, -0.15) is 0 Å². The molecule has 1 amide bonds. The molecule has 142 valence electrons. The Kier molecular flexibility index (Phi) is 4.88. The molecule has 0 unspecified atom stereocenters. The third-order valence-electron chi connectivity index (χ3n) is 6.42. The number of pyridine rings is 1. The maximum atomic E-state index is 13.7. The highest BCUT2D eigenvalue weighted by Crippen LogP contribution is 2.33. The predicted octanol–water partition coefficient (Wildman–Crippen LogP) is 1.59. The van der Waals surface area contributed by atoms with E-state index in [4.69, 9.17) is 4.74 Å². The van der Waals surface area contributed by atoms with Crippen molar-refractivity contribution in [1.82, 2.24) is 20.1 Å². The second kappa shape index (κ2) is 7.16. The summed E-state index contributed by atoms with van der Waals surface area (Å²) in [4.78, 5) is 22.7. The van der Waals surface area contributed by atoms with Crippen LogP contribution in [0.4, 0.5) is 0 Å². The molecule has 2 atom stereocenters. The number of nitrogens with one attached hydrogen (secondary N) is 1. The number of carbonyl (C=O) groups is 1. The van der Waals surface area contributed by atoms with Gasteiger partial charge >= 0.3 is 0 Å². The number of piperazine rings is 1. The van der Waals surface area contributed by atoms with Crippen molar-refractivity contribution in [3.63, 3.8) is 0 Å². The van der Waals surface area contributed by atoms with E-state index >= 15 is 0 Å². The highest BCUT2D eigenvalue weighted by molar-refractivity contribution is 5.86. The molecule has 0 saturated carbocycles. The van der Waals surface area contributed by atoms with Crippen LogP contribution in [0.5, 0.6) is 5.75 Å². The van der Waals surface area contributed by atoms with E-state index < -0.39 is 5.60 Å². The lowest BCUT2D eigenvalue weighted by molar-refractivity contribution is -0.157. The van der Waals surface area contributed by atoms with Gasteiger partial charge in [0, 0.05) is 44.2 Å². The van der Waals surface area contributed by atoms with Gasteiger partial charge in [-0.3, -0.25) is 14.7 Å². The molecule has 3 aliphatic rings. The minimum Gasteiger partial charge on any atom is -0.475 e. The second-order valence-corrected chi connectivity index (χ2v) is 7.92. The molecule has 6 heteroatoms. The van der Waals surface area contributed by atoms with E-state index in [2.05, 4.69) is 27.0 Å². The largest absolute Gasteiger partial charge is 0.475 e. The zero-order valence-corrected chi connectivity index (χ0v) is 15.9. The quantitative estimate of drug-likeness (QED) is 0.889. The zero-order chi connectivity index (χ0) is 18.1. The smallest absolute Gasteiger partial charge is 0.267 e. The van der Waals surface area contributed by atoms with Crippen LogP contribution < -0.4 is 10.1 Å². The van der Waals surface area contributed by atoms with Gasteiger partial charge < -0.3 is 15.0 Å². The van der Waals surface area contributed by atoms with Crippen LogP contribution in [0.3, 0.4) is 0 Å². The van der Waals surface area contributed by atoms with Crippen molar-refractivity contribution in [2.24, 2.45) is 0 Å². The second-order valence-electron chi connectivity index (χ2n) is 7.92. The molecule has 4 heterocycles. The van der Waals surface area contributed by atoms with Crippen LogP contribution in [0, 0.1) is 6.92 Å². The van der Waals surface area contributed by atoms with Gasteiger partial charge in [0.1, 0.15) is 5.75 Å². The molecule has 6 nitrogen and oxygen atoms in total. The monoisotopic (exact) mass is 358 g/mol. The van der Waals surface area contributed by atoms with Crippen molar-refractivity contribution in [3.05, 3.63) is 24.0 Å². The molecule has 3 aliphatic heterocycles. The van der Waals surface area contributed by atoms with Gasteiger partial charge in [0.15, 0.2) is 5.60 Å². The molecule has 1 aromatic rings. The van der Waals surface area contributed by atoms with Gasteiger partial charge in [0.05, 0.1) is 5.69 Å². The van der Waals surface area contributed by atoms with Crippen molar-refractivity contribution in [2.45, 2.75) is 57.2 Å². The van der Waals surface area contributed by atoms with E-state index in [1.807, 2.05) is 19.1 Å². The summed E-state index contributed by atoms with van der Waals surface area (Å²) < 4.78 is 6.44. The number of rotatable bonds is 3. The summed E-state index contributed by atoms with van der Waals surface area (Å²) in [5.41, 5.74) is 0.0699.